The first-order valence-corrected chi connectivity index (χ1v) is 11.1. The van der Waals surface area contributed by atoms with E-state index in [0.29, 0.717) is 25.7 Å². The van der Waals surface area contributed by atoms with Gasteiger partial charge >= 0.3 is 11.9 Å². The summed E-state index contributed by atoms with van der Waals surface area (Å²) in [6.45, 7) is 4.08. The fourth-order valence-corrected chi connectivity index (χ4v) is 4.61. The van der Waals surface area contributed by atoms with Crippen LogP contribution in [-0.4, -0.2) is 40.4 Å². The third kappa shape index (κ3) is 8.03. The predicted molar refractivity (Wildman–Crippen MR) is 99.8 cm³/mol. The number of aliphatic carboxylic acids is 2. The van der Waals surface area contributed by atoms with Gasteiger partial charge < -0.3 is 10.2 Å². The monoisotopic (exact) mass is 394 g/mol. The SMILES string of the molecule is CCCCCCCC(CCCCCCC)(C(=O)O)C(C(=O)O)S(=O)(=O)O. The molecule has 0 aliphatic heterocycles. The highest BCUT2D eigenvalue weighted by molar-refractivity contribution is 7.87. The Kier molecular flexibility index (Phi) is 11.7. The molecule has 0 radical (unpaired) electrons. The molecule has 1 unspecified atom stereocenters. The van der Waals surface area contributed by atoms with Crippen molar-refractivity contribution in [3.8, 4) is 0 Å². The number of unbranched alkanes of at least 4 members (excludes halogenated alkanes) is 8. The molecule has 0 aromatic carbocycles. The molecule has 154 valence electrons. The first-order chi connectivity index (χ1) is 12.1. The summed E-state index contributed by atoms with van der Waals surface area (Å²) in [5.41, 5.74) is -2.00. The number of rotatable bonds is 16. The maximum atomic E-state index is 12.0. The first-order valence-electron chi connectivity index (χ1n) is 9.56. The molecule has 0 aromatic heterocycles. The Morgan fingerprint density at radius 3 is 1.46 bits per heavy atom. The highest BCUT2D eigenvalue weighted by Gasteiger charge is 2.55. The van der Waals surface area contributed by atoms with E-state index in [9.17, 15) is 32.8 Å². The molecule has 0 aliphatic carbocycles. The third-order valence-corrected chi connectivity index (χ3v) is 6.15. The van der Waals surface area contributed by atoms with Crippen LogP contribution in [-0.2, 0) is 19.7 Å². The molecule has 0 saturated carbocycles. The quantitative estimate of drug-likeness (QED) is 0.265. The van der Waals surface area contributed by atoms with Gasteiger partial charge in [-0.1, -0.05) is 78.1 Å². The van der Waals surface area contributed by atoms with Gasteiger partial charge in [-0.15, -0.1) is 0 Å². The molecule has 0 amide bonds. The van der Waals surface area contributed by atoms with E-state index < -0.39 is 32.7 Å². The van der Waals surface area contributed by atoms with Crippen LogP contribution in [0.15, 0.2) is 0 Å². The fourth-order valence-electron chi connectivity index (χ4n) is 3.45. The summed E-state index contributed by atoms with van der Waals surface area (Å²) in [6, 6.07) is 0. The van der Waals surface area contributed by atoms with E-state index in [-0.39, 0.29) is 12.8 Å². The van der Waals surface area contributed by atoms with Gasteiger partial charge in [-0.2, -0.15) is 8.42 Å². The van der Waals surface area contributed by atoms with Crippen molar-refractivity contribution >= 4 is 22.1 Å². The van der Waals surface area contributed by atoms with Crippen LogP contribution in [0.4, 0.5) is 0 Å². The minimum Gasteiger partial charge on any atom is -0.481 e. The highest BCUT2D eigenvalue weighted by Crippen LogP contribution is 2.39. The minimum atomic E-state index is -5.04. The zero-order valence-corrected chi connectivity index (χ0v) is 16.8. The molecular formula is C18H34O7S. The van der Waals surface area contributed by atoms with Gasteiger partial charge in [0.25, 0.3) is 10.1 Å². The summed E-state index contributed by atoms with van der Waals surface area (Å²) >= 11 is 0. The largest absolute Gasteiger partial charge is 0.481 e. The van der Waals surface area contributed by atoms with Crippen molar-refractivity contribution in [1.29, 1.82) is 0 Å². The number of carboxylic acids is 2. The fraction of sp³-hybridized carbons (Fsp3) is 0.889. The van der Waals surface area contributed by atoms with Crippen LogP contribution in [0.3, 0.4) is 0 Å². The van der Waals surface area contributed by atoms with Crippen LogP contribution in [0, 0.1) is 5.41 Å². The Hall–Kier alpha value is -1.15. The standard InChI is InChI=1S/C18H34O7S/c1-3-5-7-9-11-13-18(17(21)22,14-12-10-8-6-4-2)15(16(19)20)26(23,24)25/h15H,3-14H2,1-2H3,(H,19,20)(H,21,22)(H,23,24,25). The van der Waals surface area contributed by atoms with E-state index in [4.69, 9.17) is 0 Å². The lowest BCUT2D eigenvalue weighted by Crippen LogP contribution is -2.51. The molecule has 7 nitrogen and oxygen atoms in total. The molecule has 0 fully saturated rings. The van der Waals surface area contributed by atoms with E-state index in [1.165, 1.54) is 0 Å². The van der Waals surface area contributed by atoms with Gasteiger partial charge in [0.15, 0.2) is 5.25 Å². The second-order valence-corrected chi connectivity index (χ2v) is 8.52. The molecule has 26 heavy (non-hydrogen) atoms. The molecule has 0 spiro atoms. The Morgan fingerprint density at radius 2 is 1.19 bits per heavy atom. The van der Waals surface area contributed by atoms with Crippen LogP contribution in [0.25, 0.3) is 0 Å². The number of hydrogen-bond acceptors (Lipinski definition) is 4. The van der Waals surface area contributed by atoms with Gasteiger partial charge in [-0.25, -0.2) is 0 Å². The molecule has 3 N–H and O–H groups in total. The summed E-state index contributed by atoms with van der Waals surface area (Å²) in [5.74, 6) is -3.27. The van der Waals surface area contributed by atoms with Crippen molar-refractivity contribution < 1.29 is 32.8 Å². The molecule has 0 saturated heterocycles. The van der Waals surface area contributed by atoms with Crippen molar-refractivity contribution in [3.05, 3.63) is 0 Å². The van der Waals surface area contributed by atoms with Gasteiger partial charge in [-0.05, 0) is 12.8 Å². The number of carbonyl (C=O) groups is 2. The predicted octanol–water partition coefficient (Wildman–Crippen LogP) is 4.12. The zero-order chi connectivity index (χ0) is 20.2. The van der Waals surface area contributed by atoms with Gasteiger partial charge in [0.1, 0.15) is 0 Å². The zero-order valence-electron chi connectivity index (χ0n) is 15.9. The molecule has 1 atom stereocenters. The van der Waals surface area contributed by atoms with Gasteiger partial charge in [0, 0.05) is 0 Å². The maximum Gasteiger partial charge on any atom is 0.325 e. The van der Waals surface area contributed by atoms with Gasteiger partial charge in [0.2, 0.25) is 0 Å². The molecular weight excluding hydrogens is 360 g/mol. The van der Waals surface area contributed by atoms with E-state index in [1.807, 2.05) is 13.8 Å². The van der Waals surface area contributed by atoms with Crippen molar-refractivity contribution in [2.24, 2.45) is 5.41 Å². The normalized spacial score (nSPS) is 13.5. The van der Waals surface area contributed by atoms with Crippen molar-refractivity contribution in [2.45, 2.75) is 96.1 Å². The van der Waals surface area contributed by atoms with E-state index >= 15 is 0 Å². The van der Waals surface area contributed by atoms with Crippen molar-refractivity contribution in [2.75, 3.05) is 0 Å². The maximum absolute atomic E-state index is 12.0. The number of carboxylic acid groups (broad SMARTS) is 2. The smallest absolute Gasteiger partial charge is 0.325 e. The Bertz CT molecular complexity index is 514. The van der Waals surface area contributed by atoms with Crippen LogP contribution in [0.1, 0.15) is 90.9 Å². The molecule has 0 bridgehead atoms. The van der Waals surface area contributed by atoms with Crippen LogP contribution in [0.5, 0.6) is 0 Å². The molecule has 0 heterocycles. The summed E-state index contributed by atoms with van der Waals surface area (Å²) in [7, 11) is -5.04. The summed E-state index contributed by atoms with van der Waals surface area (Å²) in [6.07, 6.45) is 7.84. The molecule has 8 heteroatoms. The van der Waals surface area contributed by atoms with Crippen LogP contribution >= 0.6 is 0 Å². The van der Waals surface area contributed by atoms with E-state index in [0.717, 1.165) is 38.5 Å². The van der Waals surface area contributed by atoms with Crippen molar-refractivity contribution in [3.63, 3.8) is 0 Å². The second kappa shape index (κ2) is 12.3. The topological polar surface area (TPSA) is 129 Å². The summed E-state index contributed by atoms with van der Waals surface area (Å²) in [4.78, 5) is 23.6. The molecule has 0 aromatic rings. The van der Waals surface area contributed by atoms with Gasteiger partial charge in [0.05, 0.1) is 5.41 Å². The van der Waals surface area contributed by atoms with E-state index in [2.05, 4.69) is 0 Å². The second-order valence-electron chi connectivity index (χ2n) is 7.02. The molecule has 0 aliphatic rings. The minimum absolute atomic E-state index is 0.0728. The Balaban J connectivity index is 5.46. The van der Waals surface area contributed by atoms with Crippen LogP contribution in [0.2, 0.25) is 0 Å². The van der Waals surface area contributed by atoms with E-state index in [1.54, 1.807) is 0 Å². The third-order valence-electron chi connectivity index (χ3n) is 4.90. The summed E-state index contributed by atoms with van der Waals surface area (Å²) in [5, 5.41) is 16.8. The number of hydrogen-bond donors (Lipinski definition) is 3. The average Bonchev–Trinajstić information content (AvgIpc) is 2.52. The highest BCUT2D eigenvalue weighted by atomic mass is 32.2. The van der Waals surface area contributed by atoms with Gasteiger partial charge in [-0.3, -0.25) is 14.1 Å². The molecule has 0 rings (SSSR count). The summed E-state index contributed by atoms with van der Waals surface area (Å²) < 4.78 is 32.9. The Labute approximate surface area is 156 Å². The first kappa shape index (κ1) is 24.8. The lowest BCUT2D eigenvalue weighted by atomic mass is 9.74. The Morgan fingerprint density at radius 1 is 0.808 bits per heavy atom. The lowest BCUT2D eigenvalue weighted by Gasteiger charge is -2.33. The van der Waals surface area contributed by atoms with Crippen LogP contribution < -0.4 is 0 Å². The average molecular weight is 395 g/mol. The lowest BCUT2D eigenvalue weighted by molar-refractivity contribution is -0.156. The van der Waals surface area contributed by atoms with Crippen molar-refractivity contribution in [1.82, 2.24) is 0 Å².